The van der Waals surface area contributed by atoms with Crippen LogP contribution in [-0.2, 0) is 33.3 Å². The first-order valence-corrected chi connectivity index (χ1v) is 9.90. The smallest absolute Gasteiger partial charge is 0.243 e. The van der Waals surface area contributed by atoms with Crippen LogP contribution in [0, 0.1) is 0 Å². The van der Waals surface area contributed by atoms with Crippen LogP contribution in [0.3, 0.4) is 0 Å². The van der Waals surface area contributed by atoms with Gasteiger partial charge in [-0.25, -0.2) is 0 Å². The highest BCUT2D eigenvalue weighted by Gasteiger charge is 1.96. The lowest BCUT2D eigenvalue weighted by Crippen LogP contribution is -2.23. The molecule has 0 atom stereocenters. The van der Waals surface area contributed by atoms with Crippen molar-refractivity contribution in [3.63, 3.8) is 0 Å². The Morgan fingerprint density at radius 3 is 1.10 bits per heavy atom. The van der Waals surface area contributed by atoms with Crippen molar-refractivity contribution in [3.8, 4) is 0 Å². The molecule has 0 aromatic rings. The molecule has 0 aliphatic rings. The molecule has 2 amide bonds. The molecule has 0 heterocycles. The number of hydrogen-bond acceptors (Lipinski definition) is 7. The van der Waals surface area contributed by atoms with E-state index in [1.54, 1.807) is 0 Å². The van der Waals surface area contributed by atoms with E-state index in [1.165, 1.54) is 12.2 Å². The molecule has 0 saturated carbocycles. The van der Waals surface area contributed by atoms with Crippen LogP contribution in [0.4, 0.5) is 0 Å². The summed E-state index contributed by atoms with van der Waals surface area (Å²) in [6.07, 6.45) is 4.00. The van der Waals surface area contributed by atoms with Crippen LogP contribution in [0.5, 0.6) is 0 Å². The van der Waals surface area contributed by atoms with Crippen LogP contribution in [0.25, 0.3) is 0 Å². The van der Waals surface area contributed by atoms with Gasteiger partial charge in [0, 0.05) is 26.3 Å². The maximum absolute atomic E-state index is 10.9. The van der Waals surface area contributed by atoms with Gasteiger partial charge in [-0.15, -0.1) is 0 Å². The Hall–Kier alpha value is -1.78. The second-order valence-corrected chi connectivity index (χ2v) is 5.76. The minimum atomic E-state index is -0.171. The summed E-state index contributed by atoms with van der Waals surface area (Å²) in [6, 6.07) is 0. The quantitative estimate of drug-likeness (QED) is 0.195. The van der Waals surface area contributed by atoms with Crippen molar-refractivity contribution < 1.29 is 33.3 Å². The number of hydrogen-bond donors (Lipinski definition) is 2. The maximum atomic E-state index is 10.9. The molecule has 0 radical (unpaired) electrons. The van der Waals surface area contributed by atoms with Crippen LogP contribution in [0.15, 0.2) is 25.3 Å². The van der Waals surface area contributed by atoms with Gasteiger partial charge in [0.15, 0.2) is 0 Å². The monoisotopic (exact) mass is 416 g/mol. The van der Waals surface area contributed by atoms with E-state index < -0.39 is 0 Å². The number of carbonyl (C=O) groups excluding carboxylic acids is 2. The van der Waals surface area contributed by atoms with Crippen LogP contribution >= 0.6 is 0 Å². The van der Waals surface area contributed by atoms with Gasteiger partial charge in [-0.05, 0) is 25.0 Å². The van der Waals surface area contributed by atoms with Gasteiger partial charge >= 0.3 is 0 Å². The van der Waals surface area contributed by atoms with Crippen LogP contribution in [0.1, 0.15) is 12.8 Å². The molecule has 168 valence electrons. The zero-order chi connectivity index (χ0) is 21.4. The van der Waals surface area contributed by atoms with Gasteiger partial charge in [-0.2, -0.15) is 0 Å². The maximum Gasteiger partial charge on any atom is 0.243 e. The van der Waals surface area contributed by atoms with Crippen molar-refractivity contribution >= 4 is 11.8 Å². The molecule has 2 N–H and O–H groups in total. The zero-order valence-electron chi connectivity index (χ0n) is 17.3. The molecular formula is C20H36N2O7. The summed E-state index contributed by atoms with van der Waals surface area (Å²) < 4.78 is 26.9. The van der Waals surface area contributed by atoms with Crippen molar-refractivity contribution in [3.05, 3.63) is 25.3 Å². The first-order chi connectivity index (χ1) is 14.2. The minimum absolute atomic E-state index is 0.171. The van der Waals surface area contributed by atoms with E-state index in [4.69, 9.17) is 23.7 Å². The third-order valence-corrected chi connectivity index (χ3v) is 3.39. The Kier molecular flexibility index (Phi) is 21.1. The van der Waals surface area contributed by atoms with E-state index in [9.17, 15) is 9.59 Å². The van der Waals surface area contributed by atoms with Gasteiger partial charge in [0.05, 0.1) is 52.9 Å². The van der Waals surface area contributed by atoms with Crippen molar-refractivity contribution in [1.29, 1.82) is 0 Å². The number of nitrogens with one attached hydrogen (secondary N) is 2. The number of amides is 2. The molecule has 0 spiro atoms. The minimum Gasteiger partial charge on any atom is -0.379 e. The molecule has 0 aliphatic heterocycles. The summed E-state index contributed by atoms with van der Waals surface area (Å²) in [6.45, 7) is 13.1. The Bertz CT molecular complexity index is 395. The molecule has 0 aromatic heterocycles. The molecule has 29 heavy (non-hydrogen) atoms. The Balaban J connectivity index is 3.06. The second kappa shape index (κ2) is 22.5. The number of carbonyl (C=O) groups is 2. The fourth-order valence-electron chi connectivity index (χ4n) is 1.90. The first-order valence-electron chi connectivity index (χ1n) is 9.90. The Morgan fingerprint density at radius 2 is 0.828 bits per heavy atom. The zero-order valence-corrected chi connectivity index (χ0v) is 17.3. The fraction of sp³-hybridized carbons (Fsp3) is 0.700. The van der Waals surface area contributed by atoms with Gasteiger partial charge in [-0.1, -0.05) is 13.2 Å². The van der Waals surface area contributed by atoms with Gasteiger partial charge in [-0.3, -0.25) is 9.59 Å². The Labute approximate surface area is 173 Å². The van der Waals surface area contributed by atoms with Crippen molar-refractivity contribution in [2.45, 2.75) is 12.8 Å². The van der Waals surface area contributed by atoms with Crippen molar-refractivity contribution in [2.75, 3.05) is 79.2 Å². The van der Waals surface area contributed by atoms with Crippen molar-refractivity contribution in [1.82, 2.24) is 10.6 Å². The molecule has 0 saturated heterocycles. The van der Waals surface area contributed by atoms with Gasteiger partial charge in [0.2, 0.25) is 11.8 Å². The third-order valence-electron chi connectivity index (χ3n) is 3.39. The highest BCUT2D eigenvalue weighted by Crippen LogP contribution is 1.86. The lowest BCUT2D eigenvalue weighted by molar-refractivity contribution is -0.117. The molecule has 0 fully saturated rings. The van der Waals surface area contributed by atoms with E-state index in [1.807, 2.05) is 0 Å². The summed E-state index contributed by atoms with van der Waals surface area (Å²) in [5.41, 5.74) is 0. The molecule has 0 unspecified atom stereocenters. The third kappa shape index (κ3) is 22.4. The van der Waals surface area contributed by atoms with Gasteiger partial charge in [0.1, 0.15) is 0 Å². The van der Waals surface area contributed by atoms with Crippen LogP contribution < -0.4 is 10.6 Å². The SMILES string of the molecule is C=CC(=O)NCCCOCCOCCOCCOCCOCCCNC(=O)C=C. The van der Waals surface area contributed by atoms with E-state index in [0.717, 1.165) is 12.8 Å². The highest BCUT2D eigenvalue weighted by molar-refractivity contribution is 5.87. The second-order valence-electron chi connectivity index (χ2n) is 5.76. The standard InChI is InChI=1S/C20H36N2O7/c1-3-19(23)21-7-5-9-25-11-13-27-15-17-29-18-16-28-14-12-26-10-6-8-22-20(24)4-2/h3-4H,1-2,5-18H2,(H,21,23)(H,22,24). The molecule has 9 heteroatoms. The summed E-state index contributed by atoms with van der Waals surface area (Å²) >= 11 is 0. The normalized spacial score (nSPS) is 10.5. The first kappa shape index (κ1) is 27.2. The van der Waals surface area contributed by atoms with E-state index in [-0.39, 0.29) is 11.8 Å². The molecule has 9 nitrogen and oxygen atoms in total. The lowest BCUT2D eigenvalue weighted by Gasteiger charge is -2.08. The van der Waals surface area contributed by atoms with Crippen LogP contribution in [-0.4, -0.2) is 91.0 Å². The summed E-state index contributed by atoms with van der Waals surface area (Å²) in [5.74, 6) is -0.343. The van der Waals surface area contributed by atoms with Crippen molar-refractivity contribution in [2.24, 2.45) is 0 Å². The summed E-state index contributed by atoms with van der Waals surface area (Å²) in [7, 11) is 0. The molecular weight excluding hydrogens is 380 g/mol. The number of ether oxygens (including phenoxy) is 5. The number of rotatable bonds is 22. The largest absolute Gasteiger partial charge is 0.379 e. The Morgan fingerprint density at radius 1 is 0.552 bits per heavy atom. The summed E-state index contributed by atoms with van der Waals surface area (Å²) in [5, 5.41) is 5.35. The summed E-state index contributed by atoms with van der Waals surface area (Å²) in [4.78, 5) is 21.8. The van der Waals surface area contributed by atoms with Gasteiger partial charge < -0.3 is 34.3 Å². The molecule has 0 aromatic carbocycles. The average Bonchev–Trinajstić information content (AvgIpc) is 2.74. The lowest BCUT2D eigenvalue weighted by atomic mass is 10.4. The van der Waals surface area contributed by atoms with Crippen LogP contribution in [0.2, 0.25) is 0 Å². The van der Waals surface area contributed by atoms with Gasteiger partial charge in [0.25, 0.3) is 0 Å². The molecule has 0 aliphatic carbocycles. The van der Waals surface area contributed by atoms with E-state index in [0.29, 0.717) is 79.2 Å². The molecule has 0 rings (SSSR count). The van der Waals surface area contributed by atoms with E-state index in [2.05, 4.69) is 23.8 Å². The predicted octanol–water partition coefficient (Wildman–Crippen LogP) is 0.454. The predicted molar refractivity (Wildman–Crippen MR) is 110 cm³/mol. The fourth-order valence-corrected chi connectivity index (χ4v) is 1.90. The highest BCUT2D eigenvalue weighted by atomic mass is 16.6. The topological polar surface area (TPSA) is 104 Å². The average molecular weight is 417 g/mol. The molecule has 0 bridgehead atoms. The van der Waals surface area contributed by atoms with E-state index >= 15 is 0 Å².